The van der Waals surface area contributed by atoms with Gasteiger partial charge in [-0.3, -0.25) is 0 Å². The molecule has 0 fully saturated rings. The molecule has 0 amide bonds. The van der Waals surface area contributed by atoms with Crippen molar-refractivity contribution in [1.82, 2.24) is 0 Å². The molecule has 0 saturated carbocycles. The van der Waals surface area contributed by atoms with Crippen LogP contribution in [-0.2, 0) is 13.5 Å². The Morgan fingerprint density at radius 1 is 0.767 bits per heavy atom. The van der Waals surface area contributed by atoms with Crippen LogP contribution in [0.2, 0.25) is 0 Å². The van der Waals surface area contributed by atoms with E-state index in [1.807, 2.05) is 6.07 Å². The highest BCUT2D eigenvalue weighted by molar-refractivity contribution is 6.99. The molecule has 3 nitrogen and oxygen atoms in total. The summed E-state index contributed by atoms with van der Waals surface area (Å²) < 4.78 is 15.8. The Morgan fingerprint density at radius 3 is 2.16 bits per heavy atom. The van der Waals surface area contributed by atoms with Gasteiger partial charge in [0.05, 0.1) is 5.56 Å². The van der Waals surface area contributed by atoms with Crippen LogP contribution in [0, 0.1) is 33.1 Å². The fourth-order valence-corrected chi connectivity index (χ4v) is 7.33. The van der Waals surface area contributed by atoms with E-state index in [9.17, 15) is 0 Å². The smallest absolute Gasteiger partial charge is 0.285 e. The van der Waals surface area contributed by atoms with Crippen molar-refractivity contribution in [3.8, 4) is 23.0 Å². The van der Waals surface area contributed by atoms with Gasteiger partial charge >= 0.3 is 0 Å². The maximum absolute atomic E-state index is 6.94. The second kappa shape index (κ2) is 9.87. The maximum Gasteiger partial charge on any atom is 0.285 e. The molecular weight excluding hydrogens is 525 g/mol. The monoisotopic (exact) mass is 564 g/mol. The van der Waals surface area contributed by atoms with Crippen LogP contribution in [0.25, 0.3) is 33.0 Å². The normalized spacial score (nSPS) is 12.9. The summed E-state index contributed by atoms with van der Waals surface area (Å²) in [5.41, 5.74) is 13.4. The largest absolute Gasteiger partial charge is 0.427 e. The van der Waals surface area contributed by atoms with Crippen molar-refractivity contribution in [2.75, 3.05) is 0 Å². The molecule has 1 aliphatic rings. The minimum absolute atomic E-state index is 0.00965. The van der Waals surface area contributed by atoms with E-state index in [0.717, 1.165) is 39.9 Å². The first-order chi connectivity index (χ1) is 20.5. The van der Waals surface area contributed by atoms with Gasteiger partial charge < -0.3 is 9.15 Å². The molecule has 0 N–H and O–H groups in total. The summed E-state index contributed by atoms with van der Waals surface area (Å²) in [7, 11) is 2.15. The molecule has 214 valence electrons. The molecule has 0 unspecified atom stereocenters. The number of aryl methyl sites for hydroxylation is 5. The van der Waals surface area contributed by atoms with E-state index < -0.39 is 0 Å². The van der Waals surface area contributed by atoms with Gasteiger partial charge in [-0.25, -0.2) is 4.57 Å². The number of benzene rings is 4. The van der Waals surface area contributed by atoms with Gasteiger partial charge in [0, 0.05) is 22.5 Å². The molecular formula is C39H39BNO2+. The van der Waals surface area contributed by atoms with E-state index in [1.54, 1.807) is 0 Å². The first-order valence-electron chi connectivity index (χ1n) is 15.3. The van der Waals surface area contributed by atoms with Crippen molar-refractivity contribution in [1.29, 1.82) is 0 Å². The molecule has 4 heteroatoms. The summed E-state index contributed by atoms with van der Waals surface area (Å²) in [6.07, 6.45) is 3.27. The van der Waals surface area contributed by atoms with Crippen LogP contribution in [0.1, 0.15) is 48.6 Å². The molecule has 43 heavy (non-hydrogen) atoms. The van der Waals surface area contributed by atoms with Crippen molar-refractivity contribution in [2.45, 2.75) is 54.9 Å². The number of rotatable bonds is 3. The number of ether oxygens (including phenoxy) is 1. The lowest BCUT2D eigenvalue weighted by molar-refractivity contribution is -0.660. The van der Waals surface area contributed by atoms with Gasteiger partial charge in [-0.15, -0.1) is 0 Å². The second-order valence-corrected chi connectivity index (χ2v) is 13.6. The van der Waals surface area contributed by atoms with Gasteiger partial charge in [0.25, 0.3) is 12.7 Å². The number of fused-ring (bicyclic) bond motifs is 6. The third kappa shape index (κ3) is 4.38. The standard InChI is InChI=1S/C39H39BNO2/c1-23-14-13-15-24(2)35(23)40-30-18-11-12-19-32(30)42-38-36(40)34-29-17-10-9-16-28(29)26(4)33(37(34)43-38)31-20-27(21-39(5,6)7)25(3)22-41(31)8/h9-20,22H,21H2,1-8H3/q+1. The number of nitrogens with zero attached hydrogens (tertiary/aromatic N) is 1. The van der Waals surface area contributed by atoms with Crippen molar-refractivity contribution < 1.29 is 13.7 Å². The van der Waals surface area contributed by atoms with E-state index in [-0.39, 0.29) is 12.1 Å². The lowest BCUT2D eigenvalue weighted by Gasteiger charge is -2.26. The van der Waals surface area contributed by atoms with Crippen LogP contribution >= 0.6 is 0 Å². The van der Waals surface area contributed by atoms with Gasteiger partial charge in [-0.05, 0) is 73.0 Å². The molecule has 3 heterocycles. The summed E-state index contributed by atoms with van der Waals surface area (Å²) in [6, 6.07) is 26.2. The van der Waals surface area contributed by atoms with Crippen molar-refractivity contribution >= 4 is 44.8 Å². The van der Waals surface area contributed by atoms with E-state index in [4.69, 9.17) is 9.15 Å². The zero-order valence-electron chi connectivity index (χ0n) is 26.6. The lowest BCUT2D eigenvalue weighted by Crippen LogP contribution is -2.56. The number of hydrogen-bond donors (Lipinski definition) is 0. The van der Waals surface area contributed by atoms with Gasteiger partial charge in [-0.2, -0.15) is 0 Å². The number of pyridine rings is 1. The average molecular weight is 565 g/mol. The van der Waals surface area contributed by atoms with Crippen LogP contribution in [0.4, 0.5) is 0 Å². The summed E-state index contributed by atoms with van der Waals surface area (Å²) in [5, 5.41) is 3.59. The fourth-order valence-electron chi connectivity index (χ4n) is 7.33. The third-order valence-corrected chi connectivity index (χ3v) is 9.23. The molecule has 0 aliphatic carbocycles. The second-order valence-electron chi connectivity index (χ2n) is 13.6. The number of furan rings is 1. The summed E-state index contributed by atoms with van der Waals surface area (Å²) in [4.78, 5) is 0. The van der Waals surface area contributed by atoms with E-state index in [0.29, 0.717) is 5.95 Å². The molecule has 2 aromatic heterocycles. The van der Waals surface area contributed by atoms with Gasteiger partial charge in [-0.1, -0.05) is 98.0 Å². The van der Waals surface area contributed by atoms with E-state index >= 15 is 0 Å². The Hall–Kier alpha value is -4.31. The minimum atomic E-state index is -0.00965. The number of hydrogen-bond acceptors (Lipinski definition) is 2. The maximum atomic E-state index is 6.94. The predicted octanol–water partition coefficient (Wildman–Crippen LogP) is 7.52. The Kier molecular flexibility index (Phi) is 6.32. The molecule has 0 saturated heterocycles. The molecule has 0 bridgehead atoms. The highest BCUT2D eigenvalue weighted by Gasteiger charge is 2.40. The fraction of sp³-hybridized carbons (Fsp3) is 0.256. The van der Waals surface area contributed by atoms with Gasteiger partial charge in [0.2, 0.25) is 5.69 Å². The zero-order valence-corrected chi connectivity index (χ0v) is 26.6. The first kappa shape index (κ1) is 27.5. The van der Waals surface area contributed by atoms with Crippen LogP contribution in [0.15, 0.2) is 83.4 Å². The van der Waals surface area contributed by atoms with Crippen LogP contribution in [-0.4, -0.2) is 6.71 Å². The van der Waals surface area contributed by atoms with Crippen molar-refractivity contribution in [3.63, 3.8) is 0 Å². The molecule has 0 atom stereocenters. The molecule has 4 aromatic carbocycles. The van der Waals surface area contributed by atoms with Gasteiger partial charge in [0.15, 0.2) is 11.8 Å². The number of para-hydroxylation sites is 1. The van der Waals surface area contributed by atoms with E-state index in [1.165, 1.54) is 49.5 Å². The topological polar surface area (TPSA) is 26.2 Å². The summed E-state index contributed by atoms with van der Waals surface area (Å²) in [6.45, 7) is 15.8. The Balaban J connectivity index is 1.62. The highest BCUT2D eigenvalue weighted by atomic mass is 16.6. The van der Waals surface area contributed by atoms with Crippen LogP contribution in [0.3, 0.4) is 0 Å². The Morgan fingerprint density at radius 2 is 1.44 bits per heavy atom. The molecule has 0 spiro atoms. The molecule has 6 aromatic rings. The first-order valence-corrected chi connectivity index (χ1v) is 15.3. The minimum Gasteiger partial charge on any atom is -0.427 e. The lowest BCUT2D eigenvalue weighted by atomic mass is 9.34. The summed E-state index contributed by atoms with van der Waals surface area (Å²) in [5.74, 6) is 1.46. The SMILES string of the molecule is Cc1c[n+](C)c(-c2c(C)c3ccccc3c3c4c(oc23)Oc2ccccc2B4c2c(C)cccc2C)cc1CC(C)(C)C. The average Bonchev–Trinajstić information content (AvgIpc) is 3.33. The zero-order chi connectivity index (χ0) is 30.2. The quantitative estimate of drug-likeness (QED) is 0.164. The van der Waals surface area contributed by atoms with Crippen molar-refractivity contribution in [3.05, 3.63) is 107 Å². The Bertz CT molecular complexity index is 2060. The number of aromatic nitrogens is 1. The Labute approximate surface area is 255 Å². The van der Waals surface area contributed by atoms with E-state index in [2.05, 4.69) is 133 Å². The highest BCUT2D eigenvalue weighted by Crippen LogP contribution is 2.42. The summed E-state index contributed by atoms with van der Waals surface area (Å²) >= 11 is 0. The van der Waals surface area contributed by atoms with Crippen LogP contribution < -0.4 is 25.7 Å². The van der Waals surface area contributed by atoms with Gasteiger partial charge in [0.1, 0.15) is 12.8 Å². The molecule has 0 radical (unpaired) electrons. The predicted molar refractivity (Wildman–Crippen MR) is 180 cm³/mol. The van der Waals surface area contributed by atoms with Crippen LogP contribution in [0.5, 0.6) is 11.7 Å². The third-order valence-electron chi connectivity index (χ3n) is 9.23. The molecule has 7 rings (SSSR count). The molecule has 1 aliphatic heterocycles. The van der Waals surface area contributed by atoms with Crippen molar-refractivity contribution in [2.24, 2.45) is 12.5 Å².